The number of ether oxygens (including phenoxy) is 2. The lowest BCUT2D eigenvalue weighted by atomic mass is 10.1. The highest BCUT2D eigenvalue weighted by Crippen LogP contribution is 2.17. The van der Waals surface area contributed by atoms with Gasteiger partial charge in [-0.3, -0.25) is 14.6 Å². The van der Waals surface area contributed by atoms with Gasteiger partial charge in [-0.1, -0.05) is 32.0 Å². The molecule has 0 aliphatic carbocycles. The van der Waals surface area contributed by atoms with Crippen molar-refractivity contribution in [2.45, 2.75) is 32.9 Å². The lowest BCUT2D eigenvalue weighted by Crippen LogP contribution is -2.48. The molecule has 1 unspecified atom stereocenters. The number of aliphatic hydroxyl groups excluding tert-OH is 1. The van der Waals surface area contributed by atoms with E-state index in [0.29, 0.717) is 51.1 Å². The van der Waals surface area contributed by atoms with E-state index in [4.69, 9.17) is 13.9 Å². The minimum Gasteiger partial charge on any atom is -0.496 e. The molecule has 1 aromatic carbocycles. The van der Waals surface area contributed by atoms with Crippen LogP contribution in [0.3, 0.4) is 0 Å². The highest BCUT2D eigenvalue weighted by atomic mass is 16.5. The van der Waals surface area contributed by atoms with Gasteiger partial charge in [0.1, 0.15) is 12.0 Å². The van der Waals surface area contributed by atoms with Crippen molar-refractivity contribution in [2.75, 3.05) is 59.6 Å². The number of carbonyl (C=O) groups excluding carboxylic acids is 1. The molecule has 0 radical (unpaired) electrons. The fourth-order valence-electron chi connectivity index (χ4n) is 3.91. The van der Waals surface area contributed by atoms with Crippen LogP contribution in [0.1, 0.15) is 35.8 Å². The van der Waals surface area contributed by atoms with Gasteiger partial charge >= 0.3 is 0 Å². The van der Waals surface area contributed by atoms with Gasteiger partial charge in [-0.05, 0) is 24.0 Å². The molecule has 1 amide bonds. The van der Waals surface area contributed by atoms with Gasteiger partial charge in [-0.25, -0.2) is 4.98 Å². The number of aromatic nitrogens is 1. The summed E-state index contributed by atoms with van der Waals surface area (Å²) in [5.41, 5.74) is 1.33. The Morgan fingerprint density at radius 3 is 2.65 bits per heavy atom. The van der Waals surface area contributed by atoms with E-state index in [9.17, 15) is 9.90 Å². The Morgan fingerprint density at radius 1 is 1.18 bits per heavy atom. The zero-order valence-electron chi connectivity index (χ0n) is 20.5. The molecule has 9 heteroatoms. The van der Waals surface area contributed by atoms with Gasteiger partial charge in [0, 0.05) is 45.9 Å². The van der Waals surface area contributed by atoms with E-state index in [2.05, 4.69) is 33.9 Å². The molecule has 3 rings (SSSR count). The third-order valence-electron chi connectivity index (χ3n) is 5.71. The number of hydrogen-bond donors (Lipinski definition) is 2. The van der Waals surface area contributed by atoms with Crippen molar-refractivity contribution >= 4 is 5.91 Å². The zero-order chi connectivity index (χ0) is 24.3. The fraction of sp³-hybridized carbons (Fsp3) is 0.600. The standard InChI is InChI=1S/C25H38N4O5/c1-19(2)16-33-17-21(30)14-28-10-12-29(13-11-28)15-24-27-22(18-34-24)25(31)26-9-8-20-6-4-5-7-23(20)32-3/h4-7,18-19,21,30H,8-17H2,1-3H3,(H,26,31). The lowest BCUT2D eigenvalue weighted by molar-refractivity contribution is -0.000850. The zero-order valence-corrected chi connectivity index (χ0v) is 20.5. The van der Waals surface area contributed by atoms with Crippen molar-refractivity contribution in [2.24, 2.45) is 5.92 Å². The molecule has 2 N–H and O–H groups in total. The summed E-state index contributed by atoms with van der Waals surface area (Å²) in [6.07, 6.45) is 1.61. The minimum absolute atomic E-state index is 0.247. The van der Waals surface area contributed by atoms with Crippen LogP contribution in [-0.2, 0) is 17.7 Å². The first kappa shape index (κ1) is 26.2. The van der Waals surface area contributed by atoms with Crippen LogP contribution in [0.2, 0.25) is 0 Å². The van der Waals surface area contributed by atoms with Gasteiger partial charge < -0.3 is 24.3 Å². The molecular formula is C25H38N4O5. The summed E-state index contributed by atoms with van der Waals surface area (Å²) in [7, 11) is 1.64. The van der Waals surface area contributed by atoms with Crippen molar-refractivity contribution in [1.29, 1.82) is 0 Å². The second-order valence-electron chi connectivity index (χ2n) is 9.11. The number of oxazole rings is 1. The van der Waals surface area contributed by atoms with E-state index in [0.717, 1.165) is 37.5 Å². The van der Waals surface area contributed by atoms with Crippen LogP contribution in [0.5, 0.6) is 5.75 Å². The minimum atomic E-state index is -0.471. The van der Waals surface area contributed by atoms with Crippen LogP contribution >= 0.6 is 0 Å². The van der Waals surface area contributed by atoms with Crippen molar-refractivity contribution in [3.63, 3.8) is 0 Å². The SMILES string of the molecule is COc1ccccc1CCNC(=O)c1coc(CN2CCN(CC(O)COCC(C)C)CC2)n1. The van der Waals surface area contributed by atoms with Crippen LogP contribution in [0, 0.1) is 5.92 Å². The number of hydrogen-bond acceptors (Lipinski definition) is 8. The first-order valence-electron chi connectivity index (χ1n) is 12.0. The predicted molar refractivity (Wildman–Crippen MR) is 129 cm³/mol. The Balaban J connectivity index is 1.36. The predicted octanol–water partition coefficient (Wildman–Crippen LogP) is 1.81. The van der Waals surface area contributed by atoms with Crippen molar-refractivity contribution in [1.82, 2.24) is 20.1 Å². The Hall–Kier alpha value is -2.46. The number of para-hydroxylation sites is 1. The summed E-state index contributed by atoms with van der Waals surface area (Å²) in [5.74, 6) is 1.57. The molecule has 2 aromatic rings. The second-order valence-corrected chi connectivity index (χ2v) is 9.11. The number of nitrogens with one attached hydrogen (secondary N) is 1. The number of benzene rings is 1. The maximum atomic E-state index is 12.4. The number of amides is 1. The third-order valence-corrected chi connectivity index (χ3v) is 5.71. The van der Waals surface area contributed by atoms with E-state index in [1.54, 1.807) is 7.11 Å². The molecule has 34 heavy (non-hydrogen) atoms. The first-order valence-corrected chi connectivity index (χ1v) is 12.0. The smallest absolute Gasteiger partial charge is 0.273 e. The summed E-state index contributed by atoms with van der Waals surface area (Å²) in [6, 6.07) is 7.77. The molecule has 1 aliphatic heterocycles. The van der Waals surface area contributed by atoms with E-state index in [-0.39, 0.29) is 11.6 Å². The van der Waals surface area contributed by atoms with E-state index in [1.165, 1.54) is 6.26 Å². The number of piperazine rings is 1. The van der Waals surface area contributed by atoms with Crippen molar-refractivity contribution in [3.8, 4) is 5.75 Å². The number of β-amino-alcohol motifs (C(OH)–C–C–N with tert-alkyl or cyclic N) is 1. The summed E-state index contributed by atoms with van der Waals surface area (Å²) >= 11 is 0. The highest BCUT2D eigenvalue weighted by Gasteiger charge is 2.21. The Morgan fingerprint density at radius 2 is 1.91 bits per heavy atom. The topological polar surface area (TPSA) is 100 Å². The van der Waals surface area contributed by atoms with E-state index < -0.39 is 6.10 Å². The summed E-state index contributed by atoms with van der Waals surface area (Å²) in [6.45, 7) is 10.3. The fourth-order valence-corrected chi connectivity index (χ4v) is 3.91. The van der Waals surface area contributed by atoms with Gasteiger partial charge in [-0.15, -0.1) is 0 Å². The molecule has 0 bridgehead atoms. The molecule has 1 atom stereocenters. The van der Waals surface area contributed by atoms with Crippen LogP contribution in [0.25, 0.3) is 0 Å². The quantitative estimate of drug-likeness (QED) is 0.453. The van der Waals surface area contributed by atoms with Crippen LogP contribution in [-0.4, -0.2) is 91.5 Å². The molecule has 2 heterocycles. The molecule has 0 saturated carbocycles. The molecule has 0 spiro atoms. The van der Waals surface area contributed by atoms with Gasteiger partial charge in [0.2, 0.25) is 5.89 Å². The lowest BCUT2D eigenvalue weighted by Gasteiger charge is -2.34. The monoisotopic (exact) mass is 474 g/mol. The molecule has 9 nitrogen and oxygen atoms in total. The molecular weight excluding hydrogens is 436 g/mol. The van der Waals surface area contributed by atoms with Crippen LogP contribution in [0.4, 0.5) is 0 Å². The third kappa shape index (κ3) is 8.39. The maximum absolute atomic E-state index is 12.4. The highest BCUT2D eigenvalue weighted by molar-refractivity contribution is 5.91. The number of rotatable bonds is 13. The maximum Gasteiger partial charge on any atom is 0.273 e. The second kappa shape index (κ2) is 13.4. The normalized spacial score (nSPS) is 16.0. The van der Waals surface area contributed by atoms with Crippen LogP contribution in [0.15, 0.2) is 34.9 Å². The number of nitrogens with zero attached hydrogens (tertiary/aromatic N) is 3. The Kier molecular flexibility index (Phi) is 10.3. The summed E-state index contributed by atoms with van der Waals surface area (Å²) in [4.78, 5) is 21.3. The Labute approximate surface area is 202 Å². The number of methoxy groups -OCH3 is 1. The molecule has 188 valence electrons. The summed E-state index contributed by atoms with van der Waals surface area (Å²) < 4.78 is 16.4. The van der Waals surface area contributed by atoms with Crippen LogP contribution < -0.4 is 10.1 Å². The number of carbonyl (C=O) groups is 1. The van der Waals surface area contributed by atoms with Gasteiger partial charge in [-0.2, -0.15) is 0 Å². The van der Waals surface area contributed by atoms with Gasteiger partial charge in [0.25, 0.3) is 5.91 Å². The van der Waals surface area contributed by atoms with Gasteiger partial charge in [0.15, 0.2) is 5.69 Å². The summed E-state index contributed by atoms with van der Waals surface area (Å²) in [5, 5.41) is 13.1. The molecule has 1 fully saturated rings. The average molecular weight is 475 g/mol. The van der Waals surface area contributed by atoms with Crippen molar-refractivity contribution in [3.05, 3.63) is 47.7 Å². The molecule has 1 saturated heterocycles. The van der Waals surface area contributed by atoms with E-state index >= 15 is 0 Å². The number of aliphatic hydroxyl groups is 1. The largest absolute Gasteiger partial charge is 0.496 e. The van der Waals surface area contributed by atoms with E-state index in [1.807, 2.05) is 24.3 Å². The average Bonchev–Trinajstić information content (AvgIpc) is 3.29. The molecule has 1 aromatic heterocycles. The van der Waals surface area contributed by atoms with Crippen molar-refractivity contribution < 1.29 is 23.8 Å². The van der Waals surface area contributed by atoms with Gasteiger partial charge in [0.05, 0.1) is 26.4 Å². The first-order chi connectivity index (χ1) is 16.4. The Bertz CT molecular complexity index is 880. The molecule has 1 aliphatic rings.